The molecule has 0 bridgehead atoms. The minimum atomic E-state index is -0.987. The molecule has 0 heterocycles. The van der Waals surface area contributed by atoms with E-state index in [-0.39, 0.29) is 12.5 Å². The highest BCUT2D eigenvalue weighted by molar-refractivity contribution is 6.23. The second-order valence-corrected chi connectivity index (χ2v) is 4.35. The lowest BCUT2D eigenvalue weighted by Crippen LogP contribution is -2.29. The van der Waals surface area contributed by atoms with Gasteiger partial charge in [0.05, 0.1) is 14.0 Å². The quantitative estimate of drug-likeness (QED) is 0.620. The fourth-order valence-electron chi connectivity index (χ4n) is 1.38. The summed E-state index contributed by atoms with van der Waals surface area (Å²) in [7, 11) is 5.60. The lowest BCUT2D eigenvalue weighted by molar-refractivity contribution is -0.147. The van der Waals surface area contributed by atoms with E-state index in [9.17, 15) is 9.90 Å². The molecule has 90 valence electrons. The van der Waals surface area contributed by atoms with Gasteiger partial charge in [-0.15, -0.1) is 0 Å². The van der Waals surface area contributed by atoms with Gasteiger partial charge in [-0.05, 0) is 11.5 Å². The molecule has 0 spiro atoms. The number of esters is 1. The number of hydrogen-bond acceptors (Lipinski definition) is 3. The molecule has 0 fully saturated rings. The average Bonchev–Trinajstić information content (AvgIpc) is 2.35. The van der Waals surface area contributed by atoms with Crippen molar-refractivity contribution in [3.8, 4) is 0 Å². The predicted molar refractivity (Wildman–Crippen MR) is 66.6 cm³/mol. The highest BCUT2D eigenvalue weighted by atomic mass is 16.5. The van der Waals surface area contributed by atoms with Crippen molar-refractivity contribution in [2.24, 2.45) is 5.92 Å². The molecule has 2 atom stereocenters. The summed E-state index contributed by atoms with van der Waals surface area (Å²) in [4.78, 5) is 11.6. The fourth-order valence-corrected chi connectivity index (χ4v) is 1.38. The second-order valence-electron chi connectivity index (χ2n) is 4.35. The molecule has 4 heteroatoms. The Morgan fingerprint density at radius 2 is 1.94 bits per heavy atom. The van der Waals surface area contributed by atoms with E-state index in [2.05, 4.69) is 0 Å². The topological polar surface area (TPSA) is 46.5 Å². The zero-order valence-corrected chi connectivity index (χ0v) is 10.2. The van der Waals surface area contributed by atoms with E-state index >= 15 is 0 Å². The summed E-state index contributed by atoms with van der Waals surface area (Å²) >= 11 is 0. The van der Waals surface area contributed by atoms with Gasteiger partial charge in [0.25, 0.3) is 0 Å². The average molecular weight is 232 g/mol. The molecule has 0 saturated heterocycles. The summed E-state index contributed by atoms with van der Waals surface area (Å²) < 4.78 is 5.04. The summed E-state index contributed by atoms with van der Waals surface area (Å²) in [5.41, 5.74) is 0.895. The molecule has 1 aromatic carbocycles. The van der Waals surface area contributed by atoms with Gasteiger partial charge >= 0.3 is 5.97 Å². The number of aliphatic hydroxyl groups is 1. The van der Waals surface area contributed by atoms with Gasteiger partial charge in [0.2, 0.25) is 0 Å². The molecule has 0 aliphatic carbocycles. The van der Waals surface area contributed by atoms with Crippen LogP contribution in [0.25, 0.3) is 0 Å². The van der Waals surface area contributed by atoms with Crippen LogP contribution in [0, 0.1) is 5.92 Å². The standard InChI is InChI=1S/C13H17BO3/c1-9(2)12(15)11(14)13(16)17-8-10-6-4-3-5-7-10/h3-7,9,11-12,15H,8H2,1-2H3/t11-,12-/m1/s1. The lowest BCUT2D eigenvalue weighted by atomic mass is 9.78. The molecule has 1 rings (SSSR count). The summed E-state index contributed by atoms with van der Waals surface area (Å²) in [6, 6.07) is 9.34. The third kappa shape index (κ3) is 4.23. The van der Waals surface area contributed by atoms with Gasteiger partial charge in [0.1, 0.15) is 6.61 Å². The number of benzene rings is 1. The van der Waals surface area contributed by atoms with Gasteiger partial charge in [-0.3, -0.25) is 4.79 Å². The minimum Gasteiger partial charge on any atom is -0.461 e. The summed E-state index contributed by atoms with van der Waals surface area (Å²) in [6.07, 6.45) is -0.877. The Kier molecular flexibility index (Phi) is 5.23. The van der Waals surface area contributed by atoms with Gasteiger partial charge in [0, 0.05) is 5.82 Å². The van der Waals surface area contributed by atoms with E-state index in [4.69, 9.17) is 12.6 Å². The molecule has 0 amide bonds. The number of ether oxygens (including phenoxy) is 1. The summed E-state index contributed by atoms with van der Waals surface area (Å²) in [6.45, 7) is 3.78. The first-order chi connectivity index (χ1) is 8.02. The maximum atomic E-state index is 11.6. The van der Waals surface area contributed by atoms with E-state index in [1.165, 1.54) is 0 Å². The molecular weight excluding hydrogens is 215 g/mol. The molecule has 0 aliphatic rings. The van der Waals surface area contributed by atoms with Crippen LogP contribution in [0.15, 0.2) is 30.3 Å². The zero-order chi connectivity index (χ0) is 12.8. The van der Waals surface area contributed by atoms with Crippen molar-refractivity contribution in [3.63, 3.8) is 0 Å². The normalized spacial score (nSPS) is 14.4. The highest BCUT2D eigenvalue weighted by Gasteiger charge is 2.25. The van der Waals surface area contributed by atoms with Crippen molar-refractivity contribution in [1.82, 2.24) is 0 Å². The Labute approximate surface area is 103 Å². The van der Waals surface area contributed by atoms with E-state index in [1.54, 1.807) is 13.8 Å². The Hall–Kier alpha value is -1.29. The SMILES string of the molecule is [B][C@@H](C(=O)OCc1ccccc1)[C@H](O)C(C)C. The largest absolute Gasteiger partial charge is 0.461 e. The van der Waals surface area contributed by atoms with Gasteiger partial charge < -0.3 is 9.84 Å². The van der Waals surface area contributed by atoms with Crippen molar-refractivity contribution in [3.05, 3.63) is 35.9 Å². The van der Waals surface area contributed by atoms with Crippen LogP contribution in [0.2, 0.25) is 5.82 Å². The maximum Gasteiger partial charge on any atom is 0.302 e. The predicted octanol–water partition coefficient (Wildman–Crippen LogP) is 1.70. The first kappa shape index (κ1) is 13.8. The summed E-state index contributed by atoms with van der Waals surface area (Å²) in [5.74, 6) is -1.64. The molecule has 17 heavy (non-hydrogen) atoms. The van der Waals surface area contributed by atoms with Crippen LogP contribution in [-0.4, -0.2) is 25.0 Å². The van der Waals surface area contributed by atoms with E-state index in [0.717, 1.165) is 5.56 Å². The first-order valence-corrected chi connectivity index (χ1v) is 5.66. The van der Waals surface area contributed by atoms with Crippen molar-refractivity contribution < 1.29 is 14.6 Å². The van der Waals surface area contributed by atoms with E-state index < -0.39 is 17.9 Å². The van der Waals surface area contributed by atoms with Crippen molar-refractivity contribution in [1.29, 1.82) is 0 Å². The van der Waals surface area contributed by atoms with Gasteiger partial charge in [-0.1, -0.05) is 44.2 Å². The van der Waals surface area contributed by atoms with Crippen LogP contribution in [0.1, 0.15) is 19.4 Å². The maximum absolute atomic E-state index is 11.6. The van der Waals surface area contributed by atoms with Crippen molar-refractivity contribution in [2.45, 2.75) is 32.4 Å². The Morgan fingerprint density at radius 1 is 1.35 bits per heavy atom. The minimum absolute atomic E-state index is 0.0747. The van der Waals surface area contributed by atoms with Gasteiger partial charge in [-0.25, -0.2) is 0 Å². The van der Waals surface area contributed by atoms with Crippen LogP contribution < -0.4 is 0 Å². The molecule has 1 aromatic rings. The lowest BCUT2D eigenvalue weighted by Gasteiger charge is -2.21. The Bertz CT molecular complexity index is 351. The van der Waals surface area contributed by atoms with Gasteiger partial charge in [-0.2, -0.15) is 0 Å². The van der Waals surface area contributed by atoms with Crippen LogP contribution in [0.5, 0.6) is 0 Å². The molecule has 1 N–H and O–H groups in total. The number of aliphatic hydroxyl groups excluding tert-OH is 1. The van der Waals surface area contributed by atoms with Crippen molar-refractivity contribution in [2.75, 3.05) is 0 Å². The molecule has 0 aliphatic heterocycles. The third-order valence-electron chi connectivity index (χ3n) is 2.55. The smallest absolute Gasteiger partial charge is 0.302 e. The van der Waals surface area contributed by atoms with Crippen molar-refractivity contribution >= 4 is 13.8 Å². The van der Waals surface area contributed by atoms with Crippen LogP contribution >= 0.6 is 0 Å². The molecular formula is C13H17BO3. The van der Waals surface area contributed by atoms with E-state index in [0.29, 0.717) is 0 Å². The third-order valence-corrected chi connectivity index (χ3v) is 2.55. The molecule has 2 radical (unpaired) electrons. The molecule has 0 aromatic heterocycles. The number of carbonyl (C=O) groups is 1. The monoisotopic (exact) mass is 232 g/mol. The second kappa shape index (κ2) is 6.45. The Morgan fingerprint density at radius 3 is 2.47 bits per heavy atom. The fraction of sp³-hybridized carbons (Fsp3) is 0.462. The summed E-state index contributed by atoms with van der Waals surface area (Å²) in [5, 5.41) is 9.64. The van der Waals surface area contributed by atoms with Crippen LogP contribution in [0.3, 0.4) is 0 Å². The molecule has 0 unspecified atom stereocenters. The number of hydrogen-bond donors (Lipinski definition) is 1. The van der Waals surface area contributed by atoms with E-state index in [1.807, 2.05) is 30.3 Å². The Balaban J connectivity index is 2.45. The first-order valence-electron chi connectivity index (χ1n) is 5.66. The molecule has 3 nitrogen and oxygen atoms in total. The molecule has 0 saturated carbocycles. The highest BCUT2D eigenvalue weighted by Crippen LogP contribution is 2.17. The van der Waals surface area contributed by atoms with Crippen LogP contribution in [0.4, 0.5) is 0 Å². The number of rotatable bonds is 5. The zero-order valence-electron chi connectivity index (χ0n) is 10.2. The number of carbonyl (C=O) groups excluding carboxylic acids is 1. The van der Waals surface area contributed by atoms with Gasteiger partial charge in [0.15, 0.2) is 0 Å². The van der Waals surface area contributed by atoms with Crippen LogP contribution in [-0.2, 0) is 16.1 Å².